The quantitative estimate of drug-likeness (QED) is 0.543. The van der Waals surface area contributed by atoms with Gasteiger partial charge in [0.15, 0.2) is 5.96 Å². The lowest BCUT2D eigenvalue weighted by atomic mass is 10.1. The highest BCUT2D eigenvalue weighted by atomic mass is 16.5. The number of rotatable bonds is 9. The van der Waals surface area contributed by atoms with Crippen LogP contribution in [0, 0.1) is 0 Å². The summed E-state index contributed by atoms with van der Waals surface area (Å²) in [6.07, 6.45) is 0.809. The molecule has 0 spiro atoms. The van der Waals surface area contributed by atoms with Crippen LogP contribution in [0.1, 0.15) is 18.1 Å². The minimum absolute atomic E-state index is 0.142. The molecule has 0 aliphatic rings. The van der Waals surface area contributed by atoms with E-state index in [2.05, 4.69) is 34.6 Å². The molecule has 0 saturated heterocycles. The molecule has 2 aromatic carbocycles. The zero-order valence-electron chi connectivity index (χ0n) is 14.9. The Morgan fingerprint density at radius 2 is 1.88 bits per heavy atom. The van der Waals surface area contributed by atoms with Gasteiger partial charge in [-0.1, -0.05) is 42.5 Å². The first-order valence-electron chi connectivity index (χ1n) is 8.48. The SMILES string of the molecule is COCC(C)NC(N)=NCCc1cccc(OCc2ccccc2)c1. The van der Waals surface area contributed by atoms with E-state index in [-0.39, 0.29) is 6.04 Å². The Balaban J connectivity index is 1.80. The molecule has 0 saturated carbocycles. The van der Waals surface area contributed by atoms with Gasteiger partial charge < -0.3 is 20.5 Å². The molecule has 2 aromatic rings. The number of nitrogens with one attached hydrogen (secondary N) is 1. The third-order valence-electron chi connectivity index (χ3n) is 3.64. The summed E-state index contributed by atoms with van der Waals surface area (Å²) < 4.78 is 10.9. The first kappa shape index (κ1) is 18.8. The van der Waals surface area contributed by atoms with Crippen LogP contribution < -0.4 is 15.8 Å². The van der Waals surface area contributed by atoms with Crippen molar-refractivity contribution >= 4 is 5.96 Å². The van der Waals surface area contributed by atoms with Crippen molar-refractivity contribution in [3.05, 3.63) is 65.7 Å². The van der Waals surface area contributed by atoms with Crippen LogP contribution in [-0.2, 0) is 17.8 Å². The van der Waals surface area contributed by atoms with Crippen LogP contribution in [0.15, 0.2) is 59.6 Å². The van der Waals surface area contributed by atoms with Crippen LogP contribution in [0.25, 0.3) is 0 Å². The second-order valence-electron chi connectivity index (χ2n) is 5.94. The second-order valence-corrected chi connectivity index (χ2v) is 5.94. The van der Waals surface area contributed by atoms with E-state index in [1.807, 2.05) is 37.3 Å². The molecule has 3 N–H and O–H groups in total. The number of ether oxygens (including phenoxy) is 2. The summed E-state index contributed by atoms with van der Waals surface area (Å²) in [5.41, 5.74) is 8.20. The van der Waals surface area contributed by atoms with Gasteiger partial charge in [0.2, 0.25) is 0 Å². The third-order valence-corrected chi connectivity index (χ3v) is 3.64. The number of benzene rings is 2. The molecule has 5 heteroatoms. The molecule has 0 amide bonds. The Morgan fingerprint density at radius 3 is 2.64 bits per heavy atom. The Hall–Kier alpha value is -2.53. The van der Waals surface area contributed by atoms with E-state index in [1.165, 1.54) is 5.56 Å². The van der Waals surface area contributed by atoms with Gasteiger partial charge in [-0.15, -0.1) is 0 Å². The lowest BCUT2D eigenvalue weighted by Gasteiger charge is -2.13. The summed E-state index contributed by atoms with van der Waals surface area (Å²) in [7, 11) is 1.67. The summed E-state index contributed by atoms with van der Waals surface area (Å²) in [5, 5.41) is 3.09. The number of hydrogen-bond acceptors (Lipinski definition) is 3. The van der Waals surface area contributed by atoms with Crippen molar-refractivity contribution in [2.24, 2.45) is 10.7 Å². The standard InChI is InChI=1S/C20H27N3O2/c1-16(14-24-2)23-20(21)22-12-11-17-9-6-10-19(13-17)25-15-18-7-4-3-5-8-18/h3-10,13,16H,11-12,14-15H2,1-2H3,(H3,21,22,23). The minimum Gasteiger partial charge on any atom is -0.489 e. The van der Waals surface area contributed by atoms with Crippen LogP contribution in [0.3, 0.4) is 0 Å². The number of hydrogen-bond donors (Lipinski definition) is 2. The Morgan fingerprint density at radius 1 is 1.12 bits per heavy atom. The van der Waals surface area contributed by atoms with Crippen molar-refractivity contribution in [2.45, 2.75) is 26.0 Å². The van der Waals surface area contributed by atoms with E-state index in [0.717, 1.165) is 17.7 Å². The maximum Gasteiger partial charge on any atom is 0.188 e. The fourth-order valence-electron chi connectivity index (χ4n) is 2.43. The predicted molar refractivity (Wildman–Crippen MR) is 102 cm³/mol. The first-order valence-corrected chi connectivity index (χ1v) is 8.48. The van der Waals surface area contributed by atoms with Gasteiger partial charge in [-0.05, 0) is 36.6 Å². The van der Waals surface area contributed by atoms with E-state index in [0.29, 0.717) is 25.7 Å². The molecule has 134 valence electrons. The summed E-state index contributed by atoms with van der Waals surface area (Å²) in [4.78, 5) is 4.35. The highest BCUT2D eigenvalue weighted by molar-refractivity contribution is 5.78. The summed E-state index contributed by atoms with van der Waals surface area (Å²) in [5.74, 6) is 1.31. The molecule has 0 aliphatic heterocycles. The highest BCUT2D eigenvalue weighted by Crippen LogP contribution is 2.15. The second kappa shape index (κ2) is 10.4. The van der Waals surface area contributed by atoms with Crippen molar-refractivity contribution < 1.29 is 9.47 Å². The molecule has 5 nitrogen and oxygen atoms in total. The van der Waals surface area contributed by atoms with E-state index in [9.17, 15) is 0 Å². The molecule has 1 atom stereocenters. The van der Waals surface area contributed by atoms with Gasteiger partial charge in [0.25, 0.3) is 0 Å². The van der Waals surface area contributed by atoms with Crippen LogP contribution >= 0.6 is 0 Å². The molecule has 0 heterocycles. The van der Waals surface area contributed by atoms with E-state index in [1.54, 1.807) is 7.11 Å². The van der Waals surface area contributed by atoms with Crippen LogP contribution in [0.4, 0.5) is 0 Å². The highest BCUT2D eigenvalue weighted by Gasteiger charge is 2.02. The normalized spacial score (nSPS) is 12.6. The first-order chi connectivity index (χ1) is 12.2. The van der Waals surface area contributed by atoms with Gasteiger partial charge >= 0.3 is 0 Å². The molecule has 0 radical (unpaired) electrons. The number of nitrogens with two attached hydrogens (primary N) is 1. The fourth-order valence-corrected chi connectivity index (χ4v) is 2.43. The Labute approximate surface area is 149 Å². The van der Waals surface area contributed by atoms with Crippen molar-refractivity contribution in [1.82, 2.24) is 5.32 Å². The van der Waals surface area contributed by atoms with Gasteiger partial charge in [0.1, 0.15) is 12.4 Å². The lowest BCUT2D eigenvalue weighted by Crippen LogP contribution is -2.40. The summed E-state index contributed by atoms with van der Waals surface area (Å²) >= 11 is 0. The molecule has 0 aliphatic carbocycles. The zero-order chi connectivity index (χ0) is 17.9. The average Bonchev–Trinajstić information content (AvgIpc) is 2.61. The van der Waals surface area contributed by atoms with E-state index >= 15 is 0 Å². The molecule has 25 heavy (non-hydrogen) atoms. The van der Waals surface area contributed by atoms with Gasteiger partial charge in [-0.3, -0.25) is 4.99 Å². The lowest BCUT2D eigenvalue weighted by molar-refractivity contribution is 0.179. The largest absolute Gasteiger partial charge is 0.489 e. The summed E-state index contributed by atoms with van der Waals surface area (Å²) in [6.45, 7) is 3.79. The van der Waals surface area contributed by atoms with Gasteiger partial charge in [0, 0.05) is 19.7 Å². The molecular weight excluding hydrogens is 314 g/mol. The zero-order valence-corrected chi connectivity index (χ0v) is 14.9. The van der Waals surface area contributed by atoms with Crippen molar-refractivity contribution in [1.29, 1.82) is 0 Å². The number of methoxy groups -OCH3 is 1. The van der Waals surface area contributed by atoms with Gasteiger partial charge in [-0.2, -0.15) is 0 Å². The fraction of sp³-hybridized carbons (Fsp3) is 0.350. The van der Waals surface area contributed by atoms with E-state index < -0.39 is 0 Å². The molecule has 0 aromatic heterocycles. The average molecular weight is 341 g/mol. The third kappa shape index (κ3) is 7.27. The van der Waals surface area contributed by atoms with Gasteiger partial charge in [0.05, 0.1) is 6.61 Å². The van der Waals surface area contributed by atoms with Crippen LogP contribution in [0.2, 0.25) is 0 Å². The smallest absolute Gasteiger partial charge is 0.188 e. The summed E-state index contributed by atoms with van der Waals surface area (Å²) in [6, 6.07) is 18.4. The Kier molecular flexibility index (Phi) is 7.79. The monoisotopic (exact) mass is 341 g/mol. The number of aliphatic imine (C=N–C) groups is 1. The molecule has 0 bridgehead atoms. The minimum atomic E-state index is 0.142. The molecule has 0 fully saturated rings. The number of nitrogens with zero attached hydrogens (tertiary/aromatic N) is 1. The molecular formula is C20H27N3O2. The Bertz CT molecular complexity index is 659. The van der Waals surface area contributed by atoms with E-state index in [4.69, 9.17) is 15.2 Å². The van der Waals surface area contributed by atoms with Crippen molar-refractivity contribution in [3.8, 4) is 5.75 Å². The van der Waals surface area contributed by atoms with Gasteiger partial charge in [-0.25, -0.2) is 0 Å². The van der Waals surface area contributed by atoms with Crippen LogP contribution in [0.5, 0.6) is 5.75 Å². The van der Waals surface area contributed by atoms with Crippen LogP contribution in [-0.4, -0.2) is 32.3 Å². The topological polar surface area (TPSA) is 68.9 Å². The predicted octanol–water partition coefficient (Wildman–Crippen LogP) is 2.75. The maximum absolute atomic E-state index is 5.87. The van der Waals surface area contributed by atoms with Crippen molar-refractivity contribution in [2.75, 3.05) is 20.3 Å². The maximum atomic E-state index is 5.87. The number of guanidine groups is 1. The van der Waals surface area contributed by atoms with Crippen molar-refractivity contribution in [3.63, 3.8) is 0 Å². The molecule has 2 rings (SSSR count). The molecule has 1 unspecified atom stereocenters.